The Morgan fingerprint density at radius 1 is 0.972 bits per heavy atom. The Balaban J connectivity index is 1.86. The second-order valence-electron chi connectivity index (χ2n) is 9.53. The third kappa shape index (κ3) is 5.90. The summed E-state index contributed by atoms with van der Waals surface area (Å²) in [6.45, 7) is 4.86. The first kappa shape index (κ1) is 25.4. The number of nitrogens with zero attached hydrogens (tertiary/aromatic N) is 3. The summed E-state index contributed by atoms with van der Waals surface area (Å²) < 4.78 is 2.05. The Hall–Kier alpha value is -3.74. The predicted octanol–water partition coefficient (Wildman–Crippen LogP) is 4.90. The monoisotopic (exact) mass is 482 g/mol. The molecule has 4 rings (SSSR count). The van der Waals surface area contributed by atoms with Crippen LogP contribution >= 0.6 is 0 Å². The predicted molar refractivity (Wildman–Crippen MR) is 143 cm³/mol. The SMILES string of the molecule is CC(C)(O)[C@H](c1nc(-c2ccccc2)cn1Cc1ccccc1)N(CCCN)C(=O)c1ccccc1. The first-order valence-electron chi connectivity index (χ1n) is 12.3. The standard InChI is InChI=1S/C30H34N4O2/c1-30(2,36)27(34(20-12-19-31)29(35)25-17-10-5-11-18-25)28-32-26(24-15-8-4-9-16-24)22-33(28)21-23-13-6-3-7-14-23/h3-11,13-18,22,27,36H,12,19-21,31H2,1-2H3/t27-/m0/s1. The number of imidazole rings is 1. The van der Waals surface area contributed by atoms with Crippen LogP contribution in [-0.4, -0.2) is 44.2 Å². The van der Waals surface area contributed by atoms with Crippen LogP contribution < -0.4 is 5.73 Å². The molecule has 0 fully saturated rings. The molecule has 0 aliphatic rings. The fourth-order valence-corrected chi connectivity index (χ4v) is 4.50. The molecule has 6 heteroatoms. The molecule has 6 nitrogen and oxygen atoms in total. The average molecular weight is 483 g/mol. The molecule has 0 spiro atoms. The van der Waals surface area contributed by atoms with E-state index in [4.69, 9.17) is 10.7 Å². The Morgan fingerprint density at radius 2 is 1.56 bits per heavy atom. The van der Waals surface area contributed by atoms with Crippen molar-refractivity contribution in [2.75, 3.05) is 13.1 Å². The summed E-state index contributed by atoms with van der Waals surface area (Å²) in [5.74, 6) is 0.471. The van der Waals surface area contributed by atoms with Gasteiger partial charge in [0, 0.05) is 30.4 Å². The molecule has 0 aliphatic carbocycles. The summed E-state index contributed by atoms with van der Waals surface area (Å²) in [5.41, 5.74) is 8.02. The summed E-state index contributed by atoms with van der Waals surface area (Å²) >= 11 is 0. The molecule has 1 heterocycles. The summed E-state index contributed by atoms with van der Waals surface area (Å²) in [5, 5.41) is 11.5. The van der Waals surface area contributed by atoms with Crippen LogP contribution in [0.4, 0.5) is 0 Å². The van der Waals surface area contributed by atoms with Crippen LogP contribution in [0.2, 0.25) is 0 Å². The fraction of sp³-hybridized carbons (Fsp3) is 0.267. The van der Waals surface area contributed by atoms with Gasteiger partial charge in [0.05, 0.1) is 11.3 Å². The molecule has 186 valence electrons. The second-order valence-corrected chi connectivity index (χ2v) is 9.53. The molecule has 0 bridgehead atoms. The molecule has 3 N–H and O–H groups in total. The van der Waals surface area contributed by atoms with Crippen molar-refractivity contribution in [1.29, 1.82) is 0 Å². The lowest BCUT2D eigenvalue weighted by molar-refractivity contribution is -0.0201. The van der Waals surface area contributed by atoms with E-state index in [0.29, 0.717) is 37.4 Å². The number of benzene rings is 3. The van der Waals surface area contributed by atoms with Crippen molar-refractivity contribution in [3.8, 4) is 11.3 Å². The van der Waals surface area contributed by atoms with Gasteiger partial charge in [0.15, 0.2) is 0 Å². The lowest BCUT2D eigenvalue weighted by atomic mass is 9.94. The van der Waals surface area contributed by atoms with Gasteiger partial charge in [-0.25, -0.2) is 4.98 Å². The number of hydrogen-bond acceptors (Lipinski definition) is 4. The van der Waals surface area contributed by atoms with Gasteiger partial charge >= 0.3 is 0 Å². The van der Waals surface area contributed by atoms with Crippen molar-refractivity contribution in [1.82, 2.24) is 14.5 Å². The van der Waals surface area contributed by atoms with Gasteiger partial charge in [-0.3, -0.25) is 4.79 Å². The van der Waals surface area contributed by atoms with Gasteiger partial charge in [-0.1, -0.05) is 78.9 Å². The minimum Gasteiger partial charge on any atom is -0.388 e. The van der Waals surface area contributed by atoms with E-state index in [0.717, 1.165) is 16.8 Å². The number of aliphatic hydroxyl groups is 1. The number of carbonyl (C=O) groups excluding carboxylic acids is 1. The van der Waals surface area contributed by atoms with Crippen molar-refractivity contribution in [3.63, 3.8) is 0 Å². The lowest BCUT2D eigenvalue weighted by Gasteiger charge is -2.39. The first-order chi connectivity index (χ1) is 17.4. The van der Waals surface area contributed by atoms with Gasteiger partial charge < -0.3 is 20.3 Å². The van der Waals surface area contributed by atoms with Crippen LogP contribution in [0, 0.1) is 0 Å². The van der Waals surface area contributed by atoms with Gasteiger partial charge in [-0.15, -0.1) is 0 Å². The molecule has 0 saturated carbocycles. The molecule has 4 aromatic rings. The Labute approximate surface area is 213 Å². The van der Waals surface area contributed by atoms with Crippen molar-refractivity contribution >= 4 is 5.91 Å². The number of hydrogen-bond donors (Lipinski definition) is 2. The van der Waals surface area contributed by atoms with Crippen molar-refractivity contribution in [2.24, 2.45) is 5.73 Å². The highest BCUT2D eigenvalue weighted by Crippen LogP contribution is 2.35. The van der Waals surface area contributed by atoms with E-state index in [-0.39, 0.29) is 5.91 Å². The van der Waals surface area contributed by atoms with Gasteiger partial charge in [0.2, 0.25) is 0 Å². The molecule has 3 aromatic carbocycles. The Morgan fingerprint density at radius 3 is 2.14 bits per heavy atom. The largest absolute Gasteiger partial charge is 0.388 e. The molecule has 36 heavy (non-hydrogen) atoms. The quantitative estimate of drug-likeness (QED) is 0.337. The molecule has 0 saturated heterocycles. The van der Waals surface area contributed by atoms with Crippen LogP contribution in [0.5, 0.6) is 0 Å². The fourth-order valence-electron chi connectivity index (χ4n) is 4.50. The van der Waals surface area contributed by atoms with Crippen molar-refractivity contribution in [2.45, 2.75) is 38.5 Å². The smallest absolute Gasteiger partial charge is 0.254 e. The van der Waals surface area contributed by atoms with Crippen LogP contribution in [0.15, 0.2) is 97.2 Å². The van der Waals surface area contributed by atoms with Crippen LogP contribution in [-0.2, 0) is 6.54 Å². The molecule has 1 atom stereocenters. The average Bonchev–Trinajstić information content (AvgIpc) is 3.29. The van der Waals surface area contributed by atoms with Gasteiger partial charge in [-0.2, -0.15) is 0 Å². The molecule has 0 unspecified atom stereocenters. The van der Waals surface area contributed by atoms with E-state index in [1.807, 2.05) is 77.5 Å². The van der Waals surface area contributed by atoms with Crippen molar-refractivity contribution in [3.05, 3.63) is 114 Å². The normalized spacial score (nSPS) is 12.3. The van der Waals surface area contributed by atoms with E-state index < -0.39 is 11.6 Å². The summed E-state index contributed by atoms with van der Waals surface area (Å²) in [4.78, 5) is 20.5. The minimum atomic E-state index is -1.27. The molecule has 0 aliphatic heterocycles. The number of amides is 1. The van der Waals surface area contributed by atoms with E-state index in [1.165, 1.54) is 0 Å². The molecule has 0 radical (unpaired) electrons. The van der Waals surface area contributed by atoms with E-state index in [1.54, 1.807) is 30.9 Å². The zero-order chi connectivity index (χ0) is 25.5. The lowest BCUT2D eigenvalue weighted by Crippen LogP contribution is -2.47. The summed E-state index contributed by atoms with van der Waals surface area (Å²) in [6, 6.07) is 28.5. The maximum absolute atomic E-state index is 13.8. The van der Waals surface area contributed by atoms with Crippen molar-refractivity contribution < 1.29 is 9.90 Å². The van der Waals surface area contributed by atoms with Gasteiger partial charge in [0.25, 0.3) is 5.91 Å². The highest BCUT2D eigenvalue weighted by Gasteiger charge is 2.40. The molecule has 1 amide bonds. The van der Waals surface area contributed by atoms with Crippen LogP contribution in [0.25, 0.3) is 11.3 Å². The second kappa shape index (κ2) is 11.3. The first-order valence-corrected chi connectivity index (χ1v) is 12.3. The van der Waals surface area contributed by atoms with E-state index in [2.05, 4.69) is 12.1 Å². The van der Waals surface area contributed by atoms with Crippen LogP contribution in [0.3, 0.4) is 0 Å². The minimum absolute atomic E-state index is 0.160. The topological polar surface area (TPSA) is 84.4 Å². The maximum atomic E-state index is 13.8. The van der Waals surface area contributed by atoms with Crippen LogP contribution in [0.1, 0.15) is 48.1 Å². The van der Waals surface area contributed by atoms with Gasteiger partial charge in [-0.05, 0) is 44.5 Å². The maximum Gasteiger partial charge on any atom is 0.254 e. The number of nitrogens with two attached hydrogens (primary N) is 1. The highest BCUT2D eigenvalue weighted by molar-refractivity contribution is 5.94. The third-order valence-electron chi connectivity index (χ3n) is 6.18. The Bertz CT molecular complexity index is 1250. The molecule has 1 aromatic heterocycles. The molecular formula is C30H34N4O2. The van der Waals surface area contributed by atoms with E-state index >= 15 is 0 Å². The third-order valence-corrected chi connectivity index (χ3v) is 6.18. The van der Waals surface area contributed by atoms with Gasteiger partial charge in [0.1, 0.15) is 11.9 Å². The van der Waals surface area contributed by atoms with E-state index in [9.17, 15) is 9.90 Å². The highest BCUT2D eigenvalue weighted by atomic mass is 16.3. The summed E-state index contributed by atoms with van der Waals surface area (Å²) in [6.07, 6.45) is 2.61. The number of aromatic nitrogens is 2. The number of carbonyl (C=O) groups is 1. The zero-order valence-corrected chi connectivity index (χ0v) is 20.9. The Kier molecular flexibility index (Phi) is 7.98. The number of rotatable bonds is 10. The summed E-state index contributed by atoms with van der Waals surface area (Å²) in [7, 11) is 0. The zero-order valence-electron chi connectivity index (χ0n) is 20.9. The molecular weight excluding hydrogens is 448 g/mol.